The van der Waals surface area contributed by atoms with Gasteiger partial charge in [-0.25, -0.2) is 4.39 Å². The molecule has 0 bridgehead atoms. The van der Waals surface area contributed by atoms with E-state index in [2.05, 4.69) is 11.0 Å². The number of likely N-dealkylation sites (tertiary alicyclic amines) is 1. The van der Waals surface area contributed by atoms with Crippen LogP contribution >= 0.6 is 0 Å². The summed E-state index contributed by atoms with van der Waals surface area (Å²) in [6.07, 6.45) is 4.96. The molecule has 1 aliphatic heterocycles. The van der Waals surface area contributed by atoms with Gasteiger partial charge in [0.2, 0.25) is 0 Å². The van der Waals surface area contributed by atoms with E-state index in [1.165, 1.54) is 12.1 Å². The molecule has 2 unspecified atom stereocenters. The van der Waals surface area contributed by atoms with Crippen molar-refractivity contribution in [2.24, 2.45) is 5.92 Å². The van der Waals surface area contributed by atoms with Gasteiger partial charge in [-0.1, -0.05) is 24.3 Å². The Hall–Kier alpha value is -1.19. The van der Waals surface area contributed by atoms with Gasteiger partial charge >= 0.3 is 0 Å². The number of benzene rings is 1. The number of hydrogen-bond donors (Lipinski definition) is 1. The summed E-state index contributed by atoms with van der Waals surface area (Å²) in [5.41, 5.74) is 1.02. The summed E-state index contributed by atoms with van der Waals surface area (Å²) in [7, 11) is 0. The lowest BCUT2D eigenvalue weighted by atomic mass is 10.0. The Bertz CT molecular complexity index is 399. The number of halogens is 1. The standard InChI is InChI=1S/C15H20FNO/c1-12(18)14-8-10-17(11-14)9-2-3-13-4-6-15(16)7-5-13/h2-7,12,14,18H,8-11H2,1H3/b3-2+. The third-order valence-corrected chi connectivity index (χ3v) is 3.53. The molecule has 1 aromatic rings. The smallest absolute Gasteiger partial charge is 0.123 e. The molecular weight excluding hydrogens is 229 g/mol. The Morgan fingerprint density at radius 1 is 1.44 bits per heavy atom. The number of rotatable bonds is 4. The second-order valence-corrected chi connectivity index (χ2v) is 5.00. The van der Waals surface area contributed by atoms with Crippen LogP contribution in [0.4, 0.5) is 4.39 Å². The van der Waals surface area contributed by atoms with E-state index in [9.17, 15) is 9.50 Å². The van der Waals surface area contributed by atoms with Gasteiger partial charge in [0, 0.05) is 13.1 Å². The van der Waals surface area contributed by atoms with Crippen LogP contribution in [0, 0.1) is 11.7 Å². The first-order valence-electron chi connectivity index (χ1n) is 6.47. The van der Waals surface area contributed by atoms with Crippen molar-refractivity contribution in [1.82, 2.24) is 4.90 Å². The quantitative estimate of drug-likeness (QED) is 0.886. The first-order chi connectivity index (χ1) is 8.65. The molecule has 1 saturated heterocycles. The molecule has 2 atom stereocenters. The molecule has 18 heavy (non-hydrogen) atoms. The van der Waals surface area contributed by atoms with Crippen LogP contribution in [0.2, 0.25) is 0 Å². The van der Waals surface area contributed by atoms with Gasteiger partial charge in [0.15, 0.2) is 0 Å². The van der Waals surface area contributed by atoms with E-state index in [0.717, 1.165) is 31.6 Å². The van der Waals surface area contributed by atoms with Crippen LogP contribution in [-0.2, 0) is 0 Å². The Kier molecular flexibility index (Phi) is 4.50. The number of aliphatic hydroxyl groups excluding tert-OH is 1. The van der Waals surface area contributed by atoms with Crippen LogP contribution in [0.25, 0.3) is 6.08 Å². The number of hydrogen-bond acceptors (Lipinski definition) is 2. The Balaban J connectivity index is 1.80. The second-order valence-electron chi connectivity index (χ2n) is 5.00. The zero-order valence-corrected chi connectivity index (χ0v) is 10.7. The highest BCUT2D eigenvalue weighted by molar-refractivity contribution is 5.48. The molecule has 3 heteroatoms. The van der Waals surface area contributed by atoms with Crippen LogP contribution in [0.1, 0.15) is 18.9 Å². The maximum atomic E-state index is 12.7. The largest absolute Gasteiger partial charge is 0.393 e. The number of nitrogens with zero attached hydrogens (tertiary/aromatic N) is 1. The highest BCUT2D eigenvalue weighted by atomic mass is 19.1. The first-order valence-corrected chi connectivity index (χ1v) is 6.47. The van der Waals surface area contributed by atoms with Crippen molar-refractivity contribution in [3.63, 3.8) is 0 Å². The van der Waals surface area contributed by atoms with Crippen LogP contribution in [-0.4, -0.2) is 35.7 Å². The van der Waals surface area contributed by atoms with E-state index in [0.29, 0.717) is 5.92 Å². The summed E-state index contributed by atoms with van der Waals surface area (Å²) in [6.45, 7) is 4.76. The van der Waals surface area contributed by atoms with Gasteiger partial charge in [0.25, 0.3) is 0 Å². The second kappa shape index (κ2) is 6.12. The Labute approximate surface area is 108 Å². The molecule has 98 valence electrons. The molecule has 0 aliphatic carbocycles. The normalized spacial score (nSPS) is 22.7. The van der Waals surface area contributed by atoms with Crippen LogP contribution in [0.5, 0.6) is 0 Å². The SMILES string of the molecule is CC(O)C1CCN(C/C=C/c2ccc(F)cc2)C1. The molecule has 0 amide bonds. The summed E-state index contributed by atoms with van der Waals surface area (Å²) in [5, 5.41) is 9.52. The molecule has 2 rings (SSSR count). The lowest BCUT2D eigenvalue weighted by molar-refractivity contribution is 0.129. The van der Waals surface area contributed by atoms with Crippen molar-refractivity contribution >= 4 is 6.08 Å². The van der Waals surface area contributed by atoms with E-state index in [1.807, 2.05) is 13.0 Å². The van der Waals surface area contributed by atoms with E-state index in [4.69, 9.17) is 0 Å². The maximum Gasteiger partial charge on any atom is 0.123 e. The molecule has 0 aromatic heterocycles. The van der Waals surface area contributed by atoms with Gasteiger partial charge in [-0.05, 0) is 43.5 Å². The average molecular weight is 249 g/mol. The molecule has 1 fully saturated rings. The predicted octanol–water partition coefficient (Wildman–Crippen LogP) is 2.54. The fourth-order valence-electron chi connectivity index (χ4n) is 2.33. The van der Waals surface area contributed by atoms with Crippen molar-refractivity contribution in [2.75, 3.05) is 19.6 Å². The minimum atomic E-state index is -0.212. The third kappa shape index (κ3) is 3.65. The van der Waals surface area contributed by atoms with E-state index < -0.39 is 0 Å². The van der Waals surface area contributed by atoms with Crippen LogP contribution in [0.15, 0.2) is 30.3 Å². The van der Waals surface area contributed by atoms with Gasteiger partial charge in [-0.3, -0.25) is 4.90 Å². The predicted molar refractivity (Wildman–Crippen MR) is 71.7 cm³/mol. The van der Waals surface area contributed by atoms with Crippen LogP contribution < -0.4 is 0 Å². The van der Waals surface area contributed by atoms with Gasteiger partial charge in [0.05, 0.1) is 6.10 Å². The number of aliphatic hydroxyl groups is 1. The van der Waals surface area contributed by atoms with Gasteiger partial charge in [-0.15, -0.1) is 0 Å². The van der Waals surface area contributed by atoms with E-state index in [1.54, 1.807) is 12.1 Å². The van der Waals surface area contributed by atoms with Crippen molar-refractivity contribution in [2.45, 2.75) is 19.4 Å². The Morgan fingerprint density at radius 2 is 2.17 bits per heavy atom. The first kappa shape index (κ1) is 13.2. The fraction of sp³-hybridized carbons (Fsp3) is 0.467. The minimum absolute atomic E-state index is 0.202. The molecule has 0 saturated carbocycles. The molecule has 1 N–H and O–H groups in total. The molecule has 1 aromatic carbocycles. The summed E-state index contributed by atoms with van der Waals surface area (Å²) in [5.74, 6) is 0.204. The van der Waals surface area contributed by atoms with Crippen molar-refractivity contribution in [3.8, 4) is 0 Å². The molecule has 1 heterocycles. The summed E-state index contributed by atoms with van der Waals surface area (Å²) in [6, 6.07) is 6.49. The molecule has 0 radical (unpaired) electrons. The lowest BCUT2D eigenvalue weighted by Crippen LogP contribution is -2.24. The average Bonchev–Trinajstić information content (AvgIpc) is 2.81. The minimum Gasteiger partial charge on any atom is -0.393 e. The van der Waals surface area contributed by atoms with Gasteiger partial charge in [0.1, 0.15) is 5.82 Å². The zero-order chi connectivity index (χ0) is 13.0. The van der Waals surface area contributed by atoms with E-state index >= 15 is 0 Å². The lowest BCUT2D eigenvalue weighted by Gasteiger charge is -2.15. The summed E-state index contributed by atoms with van der Waals surface area (Å²) >= 11 is 0. The van der Waals surface area contributed by atoms with Gasteiger partial charge in [-0.2, -0.15) is 0 Å². The molecule has 1 aliphatic rings. The highest BCUT2D eigenvalue weighted by Crippen LogP contribution is 2.19. The van der Waals surface area contributed by atoms with Crippen LogP contribution in [0.3, 0.4) is 0 Å². The highest BCUT2D eigenvalue weighted by Gasteiger charge is 2.24. The monoisotopic (exact) mass is 249 g/mol. The third-order valence-electron chi connectivity index (χ3n) is 3.53. The molecular formula is C15H20FNO. The summed E-state index contributed by atoms with van der Waals surface area (Å²) in [4.78, 5) is 2.33. The topological polar surface area (TPSA) is 23.5 Å². The van der Waals surface area contributed by atoms with Crippen molar-refractivity contribution in [3.05, 3.63) is 41.7 Å². The molecule has 0 spiro atoms. The maximum absolute atomic E-state index is 12.7. The van der Waals surface area contributed by atoms with Crippen molar-refractivity contribution < 1.29 is 9.50 Å². The fourth-order valence-corrected chi connectivity index (χ4v) is 2.33. The zero-order valence-electron chi connectivity index (χ0n) is 10.7. The van der Waals surface area contributed by atoms with Gasteiger partial charge < -0.3 is 5.11 Å². The van der Waals surface area contributed by atoms with E-state index in [-0.39, 0.29) is 11.9 Å². The Morgan fingerprint density at radius 3 is 2.78 bits per heavy atom. The van der Waals surface area contributed by atoms with Crippen molar-refractivity contribution in [1.29, 1.82) is 0 Å². The summed E-state index contributed by atoms with van der Waals surface area (Å²) < 4.78 is 12.7. The molecule has 2 nitrogen and oxygen atoms in total.